The topological polar surface area (TPSA) is 130 Å². The fourth-order valence-corrected chi connectivity index (χ4v) is 1.77. The van der Waals surface area contributed by atoms with Crippen molar-refractivity contribution < 1.29 is 19.2 Å². The Morgan fingerprint density at radius 1 is 0.909 bits per heavy atom. The molecule has 0 aliphatic heterocycles. The van der Waals surface area contributed by atoms with E-state index >= 15 is 0 Å². The second-order valence-electron chi connectivity index (χ2n) is 5.62. The Balaban J connectivity index is 4.55. The zero-order chi connectivity index (χ0) is 17.4. The molecule has 0 heterocycles. The third-order valence-corrected chi connectivity index (χ3v) is 2.94. The fraction of sp³-hybridized carbons (Fsp3) is 0.714. The van der Waals surface area contributed by atoms with Crippen LogP contribution in [0.4, 0.5) is 0 Å². The van der Waals surface area contributed by atoms with Crippen LogP contribution in [0.5, 0.6) is 0 Å². The molecule has 0 saturated heterocycles. The van der Waals surface area contributed by atoms with Crippen molar-refractivity contribution in [3.05, 3.63) is 0 Å². The highest BCUT2D eigenvalue weighted by atomic mass is 16.2. The van der Waals surface area contributed by atoms with Gasteiger partial charge in [0, 0.05) is 6.04 Å². The van der Waals surface area contributed by atoms with Gasteiger partial charge in [0.15, 0.2) is 5.78 Å². The van der Waals surface area contributed by atoms with Crippen LogP contribution in [-0.4, -0.2) is 47.7 Å². The van der Waals surface area contributed by atoms with Gasteiger partial charge in [-0.1, -0.05) is 13.8 Å². The van der Waals surface area contributed by atoms with E-state index in [2.05, 4.69) is 16.0 Å². The third-order valence-electron chi connectivity index (χ3n) is 2.94. The molecule has 3 atom stereocenters. The summed E-state index contributed by atoms with van der Waals surface area (Å²) < 4.78 is 0. The molecule has 0 spiro atoms. The van der Waals surface area contributed by atoms with Crippen LogP contribution in [0.15, 0.2) is 0 Å². The minimum atomic E-state index is -0.976. The number of rotatable bonds is 9. The Morgan fingerprint density at radius 2 is 1.41 bits per heavy atom. The van der Waals surface area contributed by atoms with Gasteiger partial charge in [0.05, 0.1) is 18.5 Å². The predicted molar refractivity (Wildman–Crippen MR) is 81.8 cm³/mol. The SMILES string of the molecule is CC(=O)[C@H](CC(N)=O)NC(=O)[C@H](C)NC(=O)[C@H](C)NC(C)C. The van der Waals surface area contributed by atoms with Crippen LogP contribution in [-0.2, 0) is 19.2 Å². The molecule has 0 aromatic heterocycles. The summed E-state index contributed by atoms with van der Waals surface area (Å²) >= 11 is 0. The van der Waals surface area contributed by atoms with Crippen molar-refractivity contribution in [3.8, 4) is 0 Å². The number of hydrogen-bond donors (Lipinski definition) is 4. The smallest absolute Gasteiger partial charge is 0.242 e. The molecule has 0 saturated carbocycles. The van der Waals surface area contributed by atoms with Crippen molar-refractivity contribution >= 4 is 23.5 Å². The van der Waals surface area contributed by atoms with Crippen LogP contribution in [0.2, 0.25) is 0 Å². The van der Waals surface area contributed by atoms with Crippen LogP contribution in [0.3, 0.4) is 0 Å². The van der Waals surface area contributed by atoms with Crippen molar-refractivity contribution in [3.63, 3.8) is 0 Å². The molecule has 8 heteroatoms. The monoisotopic (exact) mass is 314 g/mol. The van der Waals surface area contributed by atoms with E-state index in [-0.39, 0.29) is 24.2 Å². The van der Waals surface area contributed by atoms with Gasteiger partial charge in [-0.25, -0.2) is 0 Å². The summed E-state index contributed by atoms with van der Waals surface area (Å²) in [6, 6.07) is -2.14. The number of amides is 3. The first-order chi connectivity index (χ1) is 10.0. The van der Waals surface area contributed by atoms with Crippen molar-refractivity contribution in [2.24, 2.45) is 5.73 Å². The van der Waals surface area contributed by atoms with E-state index in [9.17, 15) is 19.2 Å². The average molecular weight is 314 g/mol. The molecule has 0 aliphatic rings. The highest BCUT2D eigenvalue weighted by Gasteiger charge is 2.24. The van der Waals surface area contributed by atoms with E-state index < -0.39 is 29.9 Å². The van der Waals surface area contributed by atoms with E-state index in [1.807, 2.05) is 13.8 Å². The number of hydrogen-bond acceptors (Lipinski definition) is 5. The van der Waals surface area contributed by atoms with E-state index in [1.165, 1.54) is 13.8 Å². The molecule has 5 N–H and O–H groups in total. The Kier molecular flexibility index (Phi) is 8.32. The molecule has 0 aliphatic carbocycles. The van der Waals surface area contributed by atoms with Gasteiger partial charge in [-0.05, 0) is 20.8 Å². The normalized spacial score (nSPS) is 14.8. The van der Waals surface area contributed by atoms with Crippen LogP contribution in [0, 0.1) is 0 Å². The Hall–Kier alpha value is -1.96. The van der Waals surface area contributed by atoms with Crippen molar-refractivity contribution in [2.45, 2.75) is 65.2 Å². The average Bonchev–Trinajstić information content (AvgIpc) is 2.35. The molecular weight excluding hydrogens is 288 g/mol. The summed E-state index contributed by atoms with van der Waals surface area (Å²) in [4.78, 5) is 46.1. The van der Waals surface area contributed by atoms with E-state index in [0.29, 0.717) is 0 Å². The first-order valence-corrected chi connectivity index (χ1v) is 7.20. The van der Waals surface area contributed by atoms with Gasteiger partial charge in [-0.15, -0.1) is 0 Å². The van der Waals surface area contributed by atoms with Gasteiger partial charge in [0.2, 0.25) is 17.7 Å². The molecule has 0 unspecified atom stereocenters. The highest BCUT2D eigenvalue weighted by molar-refractivity contribution is 5.94. The van der Waals surface area contributed by atoms with Crippen LogP contribution >= 0.6 is 0 Å². The number of carbonyl (C=O) groups excluding carboxylic acids is 4. The quantitative estimate of drug-likeness (QED) is 0.426. The van der Waals surface area contributed by atoms with E-state index in [4.69, 9.17) is 5.73 Å². The summed E-state index contributed by atoms with van der Waals surface area (Å²) in [6.45, 7) is 8.25. The molecule has 0 rings (SSSR count). The molecular formula is C14H26N4O4. The molecule has 0 radical (unpaired) electrons. The lowest BCUT2D eigenvalue weighted by molar-refractivity contribution is -0.132. The van der Waals surface area contributed by atoms with Gasteiger partial charge >= 0.3 is 0 Å². The summed E-state index contributed by atoms with van der Waals surface area (Å²) in [5, 5.41) is 7.96. The van der Waals surface area contributed by atoms with Gasteiger partial charge in [0.25, 0.3) is 0 Å². The van der Waals surface area contributed by atoms with Crippen molar-refractivity contribution in [1.82, 2.24) is 16.0 Å². The van der Waals surface area contributed by atoms with Crippen molar-refractivity contribution in [1.29, 1.82) is 0 Å². The molecule has 0 fully saturated rings. The number of nitrogens with two attached hydrogens (primary N) is 1. The summed E-state index contributed by atoms with van der Waals surface area (Å²) in [5.41, 5.74) is 5.03. The lowest BCUT2D eigenvalue weighted by Crippen LogP contribution is -2.54. The van der Waals surface area contributed by atoms with Crippen LogP contribution < -0.4 is 21.7 Å². The van der Waals surface area contributed by atoms with E-state index in [0.717, 1.165) is 0 Å². The summed E-state index contributed by atoms with van der Waals surface area (Å²) in [7, 11) is 0. The number of primary amides is 1. The summed E-state index contributed by atoms with van der Waals surface area (Å²) in [5.74, 6) is -1.94. The third kappa shape index (κ3) is 7.72. The molecule has 3 amide bonds. The largest absolute Gasteiger partial charge is 0.370 e. The zero-order valence-electron chi connectivity index (χ0n) is 13.7. The molecule has 22 heavy (non-hydrogen) atoms. The fourth-order valence-electron chi connectivity index (χ4n) is 1.77. The molecule has 0 bridgehead atoms. The number of Topliss-reactive ketones (excluding diaryl/α,β-unsaturated/α-hetero) is 1. The number of nitrogens with one attached hydrogen (secondary N) is 3. The molecule has 126 valence electrons. The maximum absolute atomic E-state index is 12.0. The zero-order valence-corrected chi connectivity index (χ0v) is 13.7. The highest BCUT2D eigenvalue weighted by Crippen LogP contribution is 1.96. The lowest BCUT2D eigenvalue weighted by Gasteiger charge is -2.21. The maximum atomic E-state index is 12.0. The second kappa shape index (κ2) is 9.14. The van der Waals surface area contributed by atoms with Gasteiger partial charge in [0.1, 0.15) is 6.04 Å². The van der Waals surface area contributed by atoms with Crippen molar-refractivity contribution in [2.75, 3.05) is 0 Å². The number of ketones is 1. The van der Waals surface area contributed by atoms with Gasteiger partial charge in [-0.3, -0.25) is 19.2 Å². The first-order valence-electron chi connectivity index (χ1n) is 7.20. The van der Waals surface area contributed by atoms with Gasteiger partial charge < -0.3 is 21.7 Å². The van der Waals surface area contributed by atoms with Crippen LogP contribution in [0.25, 0.3) is 0 Å². The Bertz CT molecular complexity index is 437. The lowest BCUT2D eigenvalue weighted by atomic mass is 10.1. The van der Waals surface area contributed by atoms with Crippen LogP contribution in [0.1, 0.15) is 41.0 Å². The maximum Gasteiger partial charge on any atom is 0.242 e. The number of carbonyl (C=O) groups is 4. The predicted octanol–water partition coefficient (Wildman–Crippen LogP) is -1.17. The molecule has 8 nitrogen and oxygen atoms in total. The minimum Gasteiger partial charge on any atom is -0.370 e. The second-order valence-corrected chi connectivity index (χ2v) is 5.62. The molecule has 0 aromatic rings. The summed E-state index contributed by atoms with van der Waals surface area (Å²) in [6.07, 6.45) is -0.271. The Morgan fingerprint density at radius 3 is 1.82 bits per heavy atom. The minimum absolute atomic E-state index is 0.127. The standard InChI is InChI=1S/C14H26N4O4/c1-7(2)16-8(3)13(21)17-9(4)14(22)18-11(10(5)19)6-12(15)20/h7-9,11,16H,6H2,1-5H3,(H2,15,20)(H,17,21)(H,18,22)/t8-,9-,11-/m0/s1. The Labute approximate surface area is 130 Å². The molecule has 0 aromatic carbocycles. The first kappa shape index (κ1) is 20.0. The van der Waals surface area contributed by atoms with E-state index in [1.54, 1.807) is 6.92 Å². The van der Waals surface area contributed by atoms with Gasteiger partial charge in [-0.2, -0.15) is 0 Å².